The van der Waals surface area contributed by atoms with Crippen LogP contribution in [0.3, 0.4) is 0 Å². The minimum absolute atomic E-state index is 0.147. The summed E-state index contributed by atoms with van der Waals surface area (Å²) in [6.07, 6.45) is 3.08. The predicted octanol–water partition coefficient (Wildman–Crippen LogP) is 5.76. The molecule has 1 N–H and O–H groups in total. The van der Waals surface area contributed by atoms with E-state index >= 15 is 0 Å². The summed E-state index contributed by atoms with van der Waals surface area (Å²) in [5.41, 5.74) is 2.62. The lowest BCUT2D eigenvalue weighted by Crippen LogP contribution is -2.21. The van der Waals surface area contributed by atoms with Gasteiger partial charge in [-0.15, -0.1) is 0 Å². The smallest absolute Gasteiger partial charge is 0.199 e. The Bertz CT molecular complexity index is 1480. The fourth-order valence-electron chi connectivity index (χ4n) is 4.06. The lowest BCUT2D eigenvalue weighted by Gasteiger charge is -2.30. The van der Waals surface area contributed by atoms with Gasteiger partial charge in [0.1, 0.15) is 11.5 Å². The van der Waals surface area contributed by atoms with E-state index in [4.69, 9.17) is 0 Å². The van der Waals surface area contributed by atoms with Crippen LogP contribution in [0.1, 0.15) is 36.4 Å². The Hall–Kier alpha value is -2.49. The Kier molecular flexibility index (Phi) is 4.53. The molecule has 0 saturated heterocycles. The molecule has 1 fully saturated rings. The fraction of sp³-hybridized carbons (Fsp3) is 0.182. The standard InChI is InChI=1S/C22H13FIN3OS/c23-17-10-19-16(9-13(17)6-7-29-24)21(28)20-15-5-4-12(11-25)8-18(15)26-22(20)27(19)14-2-1-3-14/h4-5,8-10,14,26H,1-3H2. The Morgan fingerprint density at radius 2 is 2.07 bits per heavy atom. The highest BCUT2D eigenvalue weighted by atomic mass is 127. The van der Waals surface area contributed by atoms with Gasteiger partial charge in [0.25, 0.3) is 0 Å². The van der Waals surface area contributed by atoms with Gasteiger partial charge in [-0.25, -0.2) is 4.39 Å². The number of rotatable bonds is 1. The average molecular weight is 513 g/mol. The molecule has 142 valence electrons. The molecule has 2 aromatic heterocycles. The van der Waals surface area contributed by atoms with Crippen molar-refractivity contribution in [2.45, 2.75) is 25.3 Å². The van der Waals surface area contributed by atoms with E-state index in [0.717, 1.165) is 30.2 Å². The number of aromatic amines is 1. The predicted molar refractivity (Wildman–Crippen MR) is 124 cm³/mol. The maximum atomic E-state index is 14.8. The van der Waals surface area contributed by atoms with Gasteiger partial charge in [0, 0.05) is 43.5 Å². The molecule has 4 nitrogen and oxygen atoms in total. The van der Waals surface area contributed by atoms with Crippen LogP contribution in [0.4, 0.5) is 4.39 Å². The van der Waals surface area contributed by atoms with Gasteiger partial charge in [0.15, 0.2) is 5.43 Å². The van der Waals surface area contributed by atoms with E-state index in [2.05, 4.69) is 26.8 Å². The van der Waals surface area contributed by atoms with Gasteiger partial charge in [0.2, 0.25) is 0 Å². The van der Waals surface area contributed by atoms with E-state index in [9.17, 15) is 14.4 Å². The van der Waals surface area contributed by atoms with Crippen molar-refractivity contribution < 1.29 is 4.39 Å². The summed E-state index contributed by atoms with van der Waals surface area (Å²) in [4.78, 5) is 16.8. The molecule has 0 bridgehead atoms. The van der Waals surface area contributed by atoms with E-state index in [0.29, 0.717) is 27.5 Å². The Morgan fingerprint density at radius 1 is 1.24 bits per heavy atom. The van der Waals surface area contributed by atoms with E-state index in [1.807, 2.05) is 27.3 Å². The van der Waals surface area contributed by atoms with Crippen molar-refractivity contribution in [2.75, 3.05) is 0 Å². The molecule has 0 atom stereocenters. The molecule has 1 aliphatic rings. The monoisotopic (exact) mass is 513 g/mol. The molecular formula is C22H13FIN3OS. The first-order chi connectivity index (χ1) is 14.1. The van der Waals surface area contributed by atoms with Crippen LogP contribution >= 0.6 is 30.1 Å². The number of H-pyrrole nitrogens is 1. The Morgan fingerprint density at radius 3 is 2.76 bits per heavy atom. The first-order valence-electron chi connectivity index (χ1n) is 9.14. The van der Waals surface area contributed by atoms with Crippen molar-refractivity contribution in [1.29, 1.82) is 5.26 Å². The molecular weight excluding hydrogens is 500 g/mol. The molecule has 29 heavy (non-hydrogen) atoms. The number of nitrogens with one attached hydrogen (secondary N) is 1. The summed E-state index contributed by atoms with van der Waals surface area (Å²) in [5.74, 6) is 2.37. The van der Waals surface area contributed by atoms with Gasteiger partial charge in [-0.1, -0.05) is 12.0 Å². The van der Waals surface area contributed by atoms with Gasteiger partial charge < -0.3 is 9.55 Å². The first-order valence-corrected chi connectivity index (χ1v) is 12.5. The summed E-state index contributed by atoms with van der Waals surface area (Å²) in [5, 5.41) is 13.8. The van der Waals surface area contributed by atoms with Gasteiger partial charge in [-0.3, -0.25) is 4.79 Å². The van der Waals surface area contributed by atoms with Crippen molar-refractivity contribution in [3.8, 4) is 17.2 Å². The quantitative estimate of drug-likeness (QED) is 0.260. The van der Waals surface area contributed by atoms with Crippen LogP contribution < -0.4 is 5.43 Å². The molecule has 2 heterocycles. The van der Waals surface area contributed by atoms with Crippen LogP contribution in [0.25, 0.3) is 32.8 Å². The fourth-order valence-corrected chi connectivity index (χ4v) is 4.54. The zero-order chi connectivity index (χ0) is 20.1. The minimum atomic E-state index is -0.426. The second-order valence-corrected chi connectivity index (χ2v) is 8.84. The van der Waals surface area contributed by atoms with Crippen LogP contribution in [0.15, 0.2) is 35.1 Å². The van der Waals surface area contributed by atoms with E-state index in [1.54, 1.807) is 18.2 Å². The molecule has 0 spiro atoms. The number of nitriles is 1. The third-order valence-electron chi connectivity index (χ3n) is 5.63. The van der Waals surface area contributed by atoms with Crippen LogP contribution in [0, 0.1) is 28.3 Å². The highest BCUT2D eigenvalue weighted by molar-refractivity contribution is 14.2. The van der Waals surface area contributed by atoms with E-state index in [1.165, 1.54) is 15.0 Å². The summed E-state index contributed by atoms with van der Waals surface area (Å²) in [6.45, 7) is 0. The van der Waals surface area contributed by atoms with Crippen molar-refractivity contribution in [1.82, 2.24) is 9.55 Å². The Labute approximate surface area is 181 Å². The second-order valence-electron chi connectivity index (χ2n) is 7.16. The highest BCUT2D eigenvalue weighted by Crippen LogP contribution is 2.38. The van der Waals surface area contributed by atoms with Crippen LogP contribution in [-0.2, 0) is 0 Å². The third kappa shape index (κ3) is 2.84. The molecule has 4 aromatic rings. The van der Waals surface area contributed by atoms with Gasteiger partial charge in [-0.05, 0) is 57.7 Å². The zero-order valence-electron chi connectivity index (χ0n) is 15.1. The number of pyridine rings is 1. The maximum Gasteiger partial charge on any atom is 0.199 e. The minimum Gasteiger partial charge on any atom is -0.340 e. The van der Waals surface area contributed by atoms with Crippen molar-refractivity contribution in [3.05, 3.63) is 57.5 Å². The molecule has 0 radical (unpaired) electrons. The summed E-state index contributed by atoms with van der Waals surface area (Å²) in [7, 11) is 1.27. The molecule has 5 rings (SSSR count). The highest BCUT2D eigenvalue weighted by Gasteiger charge is 2.26. The summed E-state index contributed by atoms with van der Waals surface area (Å²) >= 11 is 2.03. The molecule has 1 aliphatic carbocycles. The molecule has 0 aliphatic heterocycles. The van der Waals surface area contributed by atoms with Gasteiger partial charge in [0.05, 0.1) is 28.1 Å². The van der Waals surface area contributed by atoms with Gasteiger partial charge >= 0.3 is 0 Å². The molecule has 7 heteroatoms. The number of aromatic nitrogens is 2. The van der Waals surface area contributed by atoms with Crippen molar-refractivity contribution in [2.24, 2.45) is 0 Å². The molecule has 2 aromatic carbocycles. The molecule has 0 unspecified atom stereocenters. The lowest BCUT2D eigenvalue weighted by molar-refractivity contribution is 0.326. The molecule has 1 saturated carbocycles. The third-order valence-corrected chi connectivity index (χ3v) is 6.47. The number of benzene rings is 2. The first kappa shape index (κ1) is 18.5. The summed E-state index contributed by atoms with van der Waals surface area (Å²) in [6, 6.07) is 10.6. The van der Waals surface area contributed by atoms with Gasteiger partial charge in [-0.2, -0.15) is 5.26 Å². The van der Waals surface area contributed by atoms with E-state index < -0.39 is 5.82 Å². The number of fused-ring (bicyclic) bond motifs is 4. The zero-order valence-corrected chi connectivity index (χ0v) is 18.0. The topological polar surface area (TPSA) is 61.6 Å². The average Bonchev–Trinajstić information content (AvgIpc) is 3.06. The van der Waals surface area contributed by atoms with Crippen LogP contribution in [0.5, 0.6) is 0 Å². The largest absolute Gasteiger partial charge is 0.340 e. The number of halogens is 2. The SMILES string of the molecule is N#Cc1ccc2c(c1)[nH]c1c2c(=O)c2cc(C#CSI)c(F)cc2n1C1CCC1. The number of hydrogen-bond acceptors (Lipinski definition) is 3. The maximum absolute atomic E-state index is 14.8. The lowest BCUT2D eigenvalue weighted by atomic mass is 9.91. The van der Waals surface area contributed by atoms with Crippen molar-refractivity contribution in [3.63, 3.8) is 0 Å². The van der Waals surface area contributed by atoms with Crippen LogP contribution in [-0.4, -0.2) is 9.55 Å². The number of nitrogens with zero attached hydrogens (tertiary/aromatic N) is 2. The number of hydrogen-bond donors (Lipinski definition) is 1. The second kappa shape index (κ2) is 7.08. The van der Waals surface area contributed by atoms with Crippen LogP contribution in [0.2, 0.25) is 0 Å². The molecule has 0 amide bonds. The van der Waals surface area contributed by atoms with E-state index in [-0.39, 0.29) is 17.0 Å². The normalized spacial score (nSPS) is 14.0. The van der Waals surface area contributed by atoms with Crippen molar-refractivity contribution >= 4 is 63.0 Å². The Balaban J connectivity index is 1.97. The summed E-state index contributed by atoms with van der Waals surface area (Å²) < 4.78 is 16.8.